The van der Waals surface area contributed by atoms with Crippen LogP contribution < -0.4 is 10.6 Å². The van der Waals surface area contributed by atoms with Gasteiger partial charge >= 0.3 is 0 Å². The number of nitrogens with one attached hydrogen (secondary N) is 2. The summed E-state index contributed by atoms with van der Waals surface area (Å²) in [5.74, 6) is -0.487. The highest BCUT2D eigenvalue weighted by Gasteiger charge is 2.50. The molecular formula is C15H19N3O4S. The number of thioether (sulfide) groups is 1. The summed E-state index contributed by atoms with van der Waals surface area (Å²) in [7, 11) is 0. The number of aliphatic hydroxyl groups excluding tert-OH is 2. The number of para-hydroxylation sites is 1. The average molecular weight is 337 g/mol. The highest BCUT2D eigenvalue weighted by Crippen LogP contribution is 2.36. The van der Waals surface area contributed by atoms with Crippen LogP contribution in [0.5, 0.6) is 0 Å². The zero-order valence-corrected chi connectivity index (χ0v) is 13.4. The minimum absolute atomic E-state index is 0.487. The van der Waals surface area contributed by atoms with Crippen molar-refractivity contribution in [1.29, 1.82) is 0 Å². The quantitative estimate of drug-likeness (QED) is 0.626. The number of carbonyl (C=O) groups excluding carboxylic acids is 1. The lowest BCUT2D eigenvalue weighted by molar-refractivity contribution is -0.167. The van der Waals surface area contributed by atoms with Crippen LogP contribution in [0.4, 0.5) is 5.69 Å². The van der Waals surface area contributed by atoms with E-state index in [2.05, 4.69) is 15.6 Å². The lowest BCUT2D eigenvalue weighted by Gasteiger charge is -2.37. The molecule has 2 aliphatic rings. The van der Waals surface area contributed by atoms with Gasteiger partial charge in [0.05, 0.1) is 0 Å². The zero-order valence-electron chi connectivity index (χ0n) is 12.5. The fourth-order valence-corrected chi connectivity index (χ4v) is 3.72. The maximum Gasteiger partial charge on any atom is 0.256 e. The number of rotatable bonds is 3. The van der Waals surface area contributed by atoms with Crippen LogP contribution >= 0.6 is 11.8 Å². The largest absolute Gasteiger partial charge is 0.388 e. The molecule has 5 atom stereocenters. The molecule has 0 aliphatic carbocycles. The molecule has 2 heterocycles. The van der Waals surface area contributed by atoms with Gasteiger partial charge in [0.1, 0.15) is 23.7 Å². The van der Waals surface area contributed by atoms with Crippen LogP contribution in [-0.2, 0) is 9.53 Å². The number of amidine groups is 1. The van der Waals surface area contributed by atoms with Crippen molar-refractivity contribution in [2.24, 2.45) is 4.99 Å². The molecule has 1 aromatic rings. The van der Waals surface area contributed by atoms with Crippen LogP contribution in [0, 0.1) is 0 Å². The van der Waals surface area contributed by atoms with Gasteiger partial charge in [-0.25, -0.2) is 0 Å². The van der Waals surface area contributed by atoms with E-state index in [1.807, 2.05) is 13.0 Å². The molecule has 1 amide bonds. The zero-order chi connectivity index (χ0) is 16.4. The summed E-state index contributed by atoms with van der Waals surface area (Å²) < 4.78 is 5.69. The van der Waals surface area contributed by atoms with Crippen LogP contribution in [-0.4, -0.2) is 57.6 Å². The molecule has 124 valence electrons. The van der Waals surface area contributed by atoms with Crippen LogP contribution in [0.3, 0.4) is 0 Å². The van der Waals surface area contributed by atoms with Gasteiger partial charge in [0.15, 0.2) is 11.3 Å². The van der Waals surface area contributed by atoms with Crippen molar-refractivity contribution in [3.63, 3.8) is 0 Å². The van der Waals surface area contributed by atoms with Crippen molar-refractivity contribution < 1.29 is 19.7 Å². The standard InChI is InChI=1S/C15H19N3O4S/c1-2-16-15-18-9-10(19)11(20)12(22-14(9)23-15)13(21)17-8-6-4-3-5-7-8/h3-7,9-12,14,19-20H,2H2,1H3,(H,16,18)(H,17,21)/t9-,10-,11+,12+,14-/m1/s1. The maximum atomic E-state index is 12.3. The molecule has 3 rings (SSSR count). The summed E-state index contributed by atoms with van der Waals surface area (Å²) in [4.78, 5) is 16.7. The Kier molecular flexibility index (Phi) is 4.86. The number of carbonyl (C=O) groups is 1. The molecule has 1 aromatic carbocycles. The smallest absolute Gasteiger partial charge is 0.256 e. The molecule has 1 saturated heterocycles. The summed E-state index contributed by atoms with van der Waals surface area (Å²) in [5, 5.41) is 26.9. The first-order valence-corrected chi connectivity index (χ1v) is 8.34. The maximum absolute atomic E-state index is 12.3. The monoisotopic (exact) mass is 337 g/mol. The lowest BCUT2D eigenvalue weighted by Crippen LogP contribution is -2.58. The van der Waals surface area contributed by atoms with Crippen molar-refractivity contribution in [3.8, 4) is 0 Å². The van der Waals surface area contributed by atoms with Gasteiger partial charge < -0.3 is 25.6 Å². The van der Waals surface area contributed by atoms with Crippen molar-refractivity contribution in [1.82, 2.24) is 5.32 Å². The number of aliphatic hydroxyl groups is 2. The fourth-order valence-electron chi connectivity index (χ4n) is 2.55. The van der Waals surface area contributed by atoms with Crippen molar-refractivity contribution >= 4 is 28.5 Å². The highest BCUT2D eigenvalue weighted by molar-refractivity contribution is 8.14. The second-order valence-corrected chi connectivity index (χ2v) is 6.42. The summed E-state index contributed by atoms with van der Waals surface area (Å²) >= 11 is 1.32. The highest BCUT2D eigenvalue weighted by atomic mass is 32.2. The predicted molar refractivity (Wildman–Crippen MR) is 88.2 cm³/mol. The number of ether oxygens (including phenoxy) is 1. The molecule has 0 radical (unpaired) electrons. The molecule has 8 heteroatoms. The Morgan fingerprint density at radius 1 is 1.30 bits per heavy atom. The number of amides is 1. The number of nitrogens with zero attached hydrogens (tertiary/aromatic N) is 1. The number of fused-ring (bicyclic) bond motifs is 1. The first-order chi connectivity index (χ1) is 11.1. The van der Waals surface area contributed by atoms with E-state index in [4.69, 9.17) is 4.74 Å². The normalized spacial score (nSPS) is 32.8. The SMILES string of the molecule is CCNC1=N[C@@H]2[C@@H](O)[C@H](O)[C@@H](C(=O)Nc3ccccc3)O[C@@H]2S1. The molecule has 0 saturated carbocycles. The van der Waals surface area contributed by atoms with E-state index in [1.54, 1.807) is 24.3 Å². The van der Waals surface area contributed by atoms with E-state index in [1.165, 1.54) is 11.8 Å². The topological polar surface area (TPSA) is 103 Å². The molecule has 4 N–H and O–H groups in total. The number of aliphatic imine (C=N–C) groups is 1. The number of benzene rings is 1. The lowest BCUT2D eigenvalue weighted by atomic mass is 9.97. The Morgan fingerprint density at radius 2 is 2.04 bits per heavy atom. The Labute approximate surface area is 138 Å². The van der Waals surface area contributed by atoms with E-state index in [0.29, 0.717) is 17.4 Å². The Hall–Kier alpha value is -1.61. The van der Waals surface area contributed by atoms with Crippen LogP contribution in [0.2, 0.25) is 0 Å². The van der Waals surface area contributed by atoms with Crippen molar-refractivity contribution in [2.75, 3.05) is 11.9 Å². The van der Waals surface area contributed by atoms with Gasteiger partial charge in [-0.15, -0.1) is 0 Å². The number of hydrogen-bond donors (Lipinski definition) is 4. The predicted octanol–water partition coefficient (Wildman–Crippen LogP) is 0.153. The van der Waals surface area contributed by atoms with E-state index >= 15 is 0 Å². The van der Waals surface area contributed by atoms with Crippen LogP contribution in [0.25, 0.3) is 0 Å². The first-order valence-electron chi connectivity index (χ1n) is 7.46. The molecule has 0 bridgehead atoms. The number of anilines is 1. The molecule has 23 heavy (non-hydrogen) atoms. The molecule has 2 aliphatic heterocycles. The van der Waals surface area contributed by atoms with Gasteiger partial charge in [0, 0.05) is 12.2 Å². The molecule has 1 fully saturated rings. The Bertz CT molecular complexity index is 598. The summed E-state index contributed by atoms with van der Waals surface area (Å²) in [5.41, 5.74) is 0.113. The van der Waals surface area contributed by atoms with E-state index in [9.17, 15) is 15.0 Å². The second kappa shape index (κ2) is 6.88. The minimum atomic E-state index is -1.33. The van der Waals surface area contributed by atoms with Gasteiger partial charge in [-0.2, -0.15) is 0 Å². The van der Waals surface area contributed by atoms with Gasteiger partial charge in [0.25, 0.3) is 5.91 Å². The third-order valence-electron chi connectivity index (χ3n) is 3.69. The average Bonchev–Trinajstić information content (AvgIpc) is 2.95. The molecule has 0 spiro atoms. The Morgan fingerprint density at radius 3 is 2.74 bits per heavy atom. The van der Waals surface area contributed by atoms with E-state index in [0.717, 1.165) is 0 Å². The molecular weight excluding hydrogens is 318 g/mol. The van der Waals surface area contributed by atoms with Crippen molar-refractivity contribution in [3.05, 3.63) is 30.3 Å². The van der Waals surface area contributed by atoms with Gasteiger partial charge in [-0.05, 0) is 19.1 Å². The summed E-state index contributed by atoms with van der Waals surface area (Å²) in [6, 6.07) is 8.32. The van der Waals surface area contributed by atoms with Crippen molar-refractivity contribution in [2.45, 2.75) is 36.7 Å². The third kappa shape index (κ3) is 3.35. The summed E-state index contributed by atoms with van der Waals surface area (Å²) in [6.07, 6.45) is -3.62. The third-order valence-corrected chi connectivity index (χ3v) is 4.79. The van der Waals surface area contributed by atoms with Gasteiger partial charge in [-0.3, -0.25) is 9.79 Å². The van der Waals surface area contributed by atoms with E-state index < -0.39 is 35.7 Å². The molecule has 7 nitrogen and oxygen atoms in total. The van der Waals surface area contributed by atoms with Gasteiger partial charge in [-0.1, -0.05) is 30.0 Å². The molecule has 0 aromatic heterocycles. The minimum Gasteiger partial charge on any atom is -0.388 e. The van der Waals surface area contributed by atoms with Crippen LogP contribution in [0.15, 0.2) is 35.3 Å². The Balaban J connectivity index is 1.69. The second-order valence-electron chi connectivity index (χ2n) is 5.33. The molecule has 0 unspecified atom stereocenters. The van der Waals surface area contributed by atoms with Gasteiger partial charge in [0.2, 0.25) is 0 Å². The number of hydrogen-bond acceptors (Lipinski definition) is 7. The summed E-state index contributed by atoms with van der Waals surface area (Å²) in [6.45, 7) is 2.63. The fraction of sp³-hybridized carbons (Fsp3) is 0.467. The van der Waals surface area contributed by atoms with E-state index in [-0.39, 0.29) is 0 Å². The van der Waals surface area contributed by atoms with Crippen LogP contribution in [0.1, 0.15) is 6.92 Å². The first kappa shape index (κ1) is 16.3.